The Morgan fingerprint density at radius 3 is 2.58 bits per heavy atom. The Bertz CT molecular complexity index is 357. The number of oxazole rings is 1. The van der Waals surface area contributed by atoms with Gasteiger partial charge in [0.25, 0.3) is 0 Å². The molecule has 0 bridgehead atoms. The maximum absolute atomic E-state index is 5.46. The molecule has 2 aromatic heterocycles. The van der Waals surface area contributed by atoms with E-state index in [2.05, 4.69) is 15.2 Å². The first-order valence-electron chi connectivity index (χ1n) is 3.35. The van der Waals surface area contributed by atoms with Crippen molar-refractivity contribution in [2.75, 3.05) is 5.73 Å². The largest absolute Gasteiger partial charge is 0.407 e. The molecule has 0 radical (unpaired) electrons. The highest BCUT2D eigenvalue weighted by Crippen LogP contribution is 2.14. The molecule has 0 unspecified atom stereocenters. The summed E-state index contributed by atoms with van der Waals surface area (Å²) in [5, 5.41) is 7.22. The van der Waals surface area contributed by atoms with Crippen LogP contribution in [0.1, 0.15) is 5.69 Å². The molecule has 2 rings (SSSR count). The van der Waals surface area contributed by atoms with E-state index in [1.807, 2.05) is 0 Å². The van der Waals surface area contributed by atoms with Crippen LogP contribution in [-0.2, 0) is 0 Å². The topological polar surface area (TPSA) is 82.8 Å². The van der Waals surface area contributed by atoms with Crippen molar-refractivity contribution in [1.82, 2.24) is 19.7 Å². The third-order valence-corrected chi connectivity index (χ3v) is 1.46. The molecule has 62 valence electrons. The Balaban J connectivity index is 2.48. The lowest BCUT2D eigenvalue weighted by Gasteiger charge is -1.88. The lowest BCUT2D eigenvalue weighted by Crippen LogP contribution is -1.89. The van der Waals surface area contributed by atoms with E-state index in [1.165, 1.54) is 12.7 Å². The van der Waals surface area contributed by atoms with E-state index in [4.69, 9.17) is 10.2 Å². The van der Waals surface area contributed by atoms with Crippen molar-refractivity contribution < 1.29 is 4.42 Å². The number of nitrogen functional groups attached to an aromatic ring is 1. The summed E-state index contributed by atoms with van der Waals surface area (Å²) in [4.78, 5) is 4.04. The molecule has 0 saturated heterocycles. The van der Waals surface area contributed by atoms with E-state index in [1.54, 1.807) is 11.5 Å². The first kappa shape index (κ1) is 6.84. The molecule has 0 atom stereocenters. The van der Waals surface area contributed by atoms with Gasteiger partial charge in [0.2, 0.25) is 5.88 Å². The summed E-state index contributed by atoms with van der Waals surface area (Å²) in [7, 11) is 0. The highest BCUT2D eigenvalue weighted by atomic mass is 16.4. The van der Waals surface area contributed by atoms with Crippen LogP contribution in [0.25, 0.3) is 6.01 Å². The molecule has 2 N–H and O–H groups in total. The average molecular weight is 165 g/mol. The fourth-order valence-corrected chi connectivity index (χ4v) is 0.804. The van der Waals surface area contributed by atoms with Crippen LogP contribution in [0.15, 0.2) is 17.1 Å². The maximum atomic E-state index is 5.46. The number of nitrogens with two attached hydrogens (primary N) is 1. The Labute approximate surface area is 68.0 Å². The molecular formula is C6H7N5O. The second-order valence-corrected chi connectivity index (χ2v) is 2.32. The van der Waals surface area contributed by atoms with E-state index < -0.39 is 0 Å². The normalized spacial score (nSPS) is 10.4. The zero-order valence-corrected chi connectivity index (χ0v) is 6.43. The molecule has 0 aromatic carbocycles. The average Bonchev–Trinajstić information content (AvgIpc) is 2.61. The van der Waals surface area contributed by atoms with Gasteiger partial charge in [-0.05, 0) is 6.92 Å². The standard InChI is InChI=1S/C6H7N5O/c1-4-5(7)12-6(10-4)11-2-8-9-3-11/h2-3H,7H2,1H3. The van der Waals surface area contributed by atoms with Gasteiger partial charge in [-0.15, -0.1) is 10.2 Å². The molecule has 0 aliphatic heterocycles. The Kier molecular flexibility index (Phi) is 1.33. The smallest absolute Gasteiger partial charge is 0.310 e. The highest BCUT2D eigenvalue weighted by molar-refractivity contribution is 5.32. The quantitative estimate of drug-likeness (QED) is 0.650. The Hall–Kier alpha value is -1.85. The van der Waals surface area contributed by atoms with Gasteiger partial charge in [-0.3, -0.25) is 0 Å². The van der Waals surface area contributed by atoms with Gasteiger partial charge in [0.1, 0.15) is 18.3 Å². The number of hydrogen-bond acceptors (Lipinski definition) is 5. The van der Waals surface area contributed by atoms with Crippen LogP contribution in [0.4, 0.5) is 5.88 Å². The SMILES string of the molecule is Cc1nc(-n2cnnc2)oc1N. The van der Waals surface area contributed by atoms with Crippen LogP contribution in [0.3, 0.4) is 0 Å². The van der Waals surface area contributed by atoms with Crippen molar-refractivity contribution in [2.24, 2.45) is 0 Å². The van der Waals surface area contributed by atoms with Crippen LogP contribution < -0.4 is 5.73 Å². The lowest BCUT2D eigenvalue weighted by atomic mass is 10.5. The number of rotatable bonds is 1. The summed E-state index contributed by atoms with van der Waals surface area (Å²) in [6, 6.07) is 0.384. The van der Waals surface area contributed by atoms with E-state index >= 15 is 0 Å². The van der Waals surface area contributed by atoms with Gasteiger partial charge in [0, 0.05) is 0 Å². The number of aromatic nitrogens is 4. The summed E-state index contributed by atoms with van der Waals surface area (Å²) in [5.74, 6) is 0.318. The molecule has 0 fully saturated rings. The van der Waals surface area contributed by atoms with Gasteiger partial charge in [0.15, 0.2) is 0 Å². The molecule has 0 aliphatic rings. The molecule has 6 nitrogen and oxygen atoms in total. The molecule has 0 spiro atoms. The Morgan fingerprint density at radius 2 is 2.08 bits per heavy atom. The molecule has 12 heavy (non-hydrogen) atoms. The lowest BCUT2D eigenvalue weighted by molar-refractivity contribution is 0.543. The third-order valence-electron chi connectivity index (χ3n) is 1.46. The molecule has 0 saturated carbocycles. The molecule has 0 amide bonds. The molecule has 2 heterocycles. The first-order chi connectivity index (χ1) is 5.77. The number of anilines is 1. The minimum absolute atomic E-state index is 0.318. The van der Waals surface area contributed by atoms with E-state index in [0.29, 0.717) is 17.6 Å². The minimum atomic E-state index is 0.318. The van der Waals surface area contributed by atoms with Crippen LogP contribution >= 0.6 is 0 Å². The third kappa shape index (κ3) is 0.931. The molecule has 6 heteroatoms. The van der Waals surface area contributed by atoms with E-state index in [9.17, 15) is 0 Å². The van der Waals surface area contributed by atoms with Crippen LogP contribution in [-0.4, -0.2) is 19.7 Å². The van der Waals surface area contributed by atoms with Crippen LogP contribution in [0.2, 0.25) is 0 Å². The summed E-state index contributed by atoms with van der Waals surface area (Å²) >= 11 is 0. The minimum Gasteiger partial charge on any atom is -0.407 e. The second-order valence-electron chi connectivity index (χ2n) is 2.32. The summed E-state index contributed by atoms with van der Waals surface area (Å²) in [6.07, 6.45) is 2.98. The predicted molar refractivity (Wildman–Crippen MR) is 40.6 cm³/mol. The summed E-state index contributed by atoms with van der Waals surface area (Å²) < 4.78 is 6.65. The highest BCUT2D eigenvalue weighted by Gasteiger charge is 2.06. The summed E-state index contributed by atoms with van der Waals surface area (Å²) in [5.41, 5.74) is 6.13. The number of hydrogen-bond donors (Lipinski definition) is 1. The number of nitrogens with zero attached hydrogens (tertiary/aromatic N) is 4. The fourth-order valence-electron chi connectivity index (χ4n) is 0.804. The van der Waals surface area contributed by atoms with Gasteiger partial charge in [-0.25, -0.2) is 4.57 Å². The number of aryl methyl sites for hydroxylation is 1. The maximum Gasteiger partial charge on any atom is 0.310 e. The van der Waals surface area contributed by atoms with E-state index in [0.717, 1.165) is 0 Å². The molecule has 2 aromatic rings. The van der Waals surface area contributed by atoms with Crippen molar-refractivity contribution in [3.8, 4) is 6.01 Å². The van der Waals surface area contributed by atoms with Crippen molar-refractivity contribution in [1.29, 1.82) is 0 Å². The van der Waals surface area contributed by atoms with Crippen molar-refractivity contribution in [2.45, 2.75) is 6.92 Å². The summed E-state index contributed by atoms with van der Waals surface area (Å²) in [6.45, 7) is 1.77. The second kappa shape index (κ2) is 2.33. The van der Waals surface area contributed by atoms with Gasteiger partial charge in [-0.1, -0.05) is 0 Å². The van der Waals surface area contributed by atoms with Gasteiger partial charge in [0.05, 0.1) is 0 Å². The van der Waals surface area contributed by atoms with Crippen LogP contribution in [0, 0.1) is 6.92 Å². The van der Waals surface area contributed by atoms with E-state index in [-0.39, 0.29) is 0 Å². The van der Waals surface area contributed by atoms with Crippen LogP contribution in [0.5, 0.6) is 0 Å². The van der Waals surface area contributed by atoms with Crippen molar-refractivity contribution in [3.63, 3.8) is 0 Å². The van der Waals surface area contributed by atoms with Crippen molar-refractivity contribution >= 4 is 5.88 Å². The predicted octanol–water partition coefficient (Wildman–Crippen LogP) is 0.146. The van der Waals surface area contributed by atoms with Gasteiger partial charge < -0.3 is 10.2 Å². The fraction of sp³-hybridized carbons (Fsp3) is 0.167. The zero-order chi connectivity index (χ0) is 8.55. The Morgan fingerprint density at radius 1 is 1.42 bits per heavy atom. The molecule has 0 aliphatic carbocycles. The zero-order valence-electron chi connectivity index (χ0n) is 6.43. The van der Waals surface area contributed by atoms with Crippen molar-refractivity contribution in [3.05, 3.63) is 18.3 Å². The molecular weight excluding hydrogens is 158 g/mol. The van der Waals surface area contributed by atoms with Gasteiger partial charge >= 0.3 is 6.01 Å². The van der Waals surface area contributed by atoms with Gasteiger partial charge in [-0.2, -0.15) is 4.98 Å². The first-order valence-corrected chi connectivity index (χ1v) is 3.35. The monoisotopic (exact) mass is 165 g/mol.